The molecule has 1 saturated heterocycles. The molecule has 4 rings (SSSR count). The highest BCUT2D eigenvalue weighted by Crippen LogP contribution is 2.33. The second-order valence-corrected chi connectivity index (χ2v) is 5.07. The van der Waals surface area contributed by atoms with E-state index in [-0.39, 0.29) is 11.9 Å². The Kier molecular flexibility index (Phi) is 2.44. The van der Waals surface area contributed by atoms with Crippen LogP contribution in [0.5, 0.6) is 0 Å². The first-order chi connectivity index (χ1) is 10.3. The van der Waals surface area contributed by atoms with Crippen LogP contribution in [0.3, 0.4) is 0 Å². The summed E-state index contributed by atoms with van der Waals surface area (Å²) in [6.45, 7) is 0.440. The number of fused-ring (bicyclic) bond motifs is 2. The first-order valence-corrected chi connectivity index (χ1v) is 6.76. The monoisotopic (exact) mass is 276 g/mol. The first-order valence-electron chi connectivity index (χ1n) is 6.76. The summed E-state index contributed by atoms with van der Waals surface area (Å²) in [7, 11) is 0. The molecule has 0 unspecified atom stereocenters. The van der Waals surface area contributed by atoms with Gasteiger partial charge in [0, 0.05) is 0 Å². The van der Waals surface area contributed by atoms with E-state index in [0.717, 1.165) is 11.1 Å². The Bertz CT molecular complexity index is 780. The molecule has 3 amide bonds. The van der Waals surface area contributed by atoms with E-state index in [2.05, 4.69) is 0 Å². The van der Waals surface area contributed by atoms with E-state index in [1.807, 2.05) is 42.5 Å². The predicted octanol–water partition coefficient (Wildman–Crippen LogP) is 3.01. The molecule has 0 aromatic heterocycles. The highest BCUT2D eigenvalue weighted by molar-refractivity contribution is 6.28. The SMILES string of the molecule is O=C1C2=Cc3ccccc3CN2C(=O)N1c1ccccc1. The summed E-state index contributed by atoms with van der Waals surface area (Å²) in [6, 6.07) is 16.5. The third-order valence-corrected chi connectivity index (χ3v) is 3.83. The number of hydrogen-bond donors (Lipinski definition) is 0. The third-order valence-electron chi connectivity index (χ3n) is 3.83. The maximum atomic E-state index is 12.6. The maximum absolute atomic E-state index is 12.6. The highest BCUT2D eigenvalue weighted by atomic mass is 16.2. The zero-order valence-corrected chi connectivity index (χ0v) is 11.2. The van der Waals surface area contributed by atoms with Crippen molar-refractivity contribution in [3.63, 3.8) is 0 Å². The molecule has 0 aliphatic carbocycles. The molecule has 0 N–H and O–H groups in total. The molecule has 0 saturated carbocycles. The van der Waals surface area contributed by atoms with Gasteiger partial charge in [-0.1, -0.05) is 42.5 Å². The number of imide groups is 1. The molecule has 0 radical (unpaired) electrons. The fourth-order valence-corrected chi connectivity index (χ4v) is 2.77. The van der Waals surface area contributed by atoms with Gasteiger partial charge in [-0.05, 0) is 29.3 Å². The molecule has 0 bridgehead atoms. The van der Waals surface area contributed by atoms with Gasteiger partial charge in [-0.15, -0.1) is 0 Å². The smallest absolute Gasteiger partial charge is 0.284 e. The van der Waals surface area contributed by atoms with Crippen LogP contribution in [-0.2, 0) is 11.3 Å². The van der Waals surface area contributed by atoms with Gasteiger partial charge in [-0.3, -0.25) is 9.69 Å². The molecule has 0 spiro atoms. The van der Waals surface area contributed by atoms with Crippen molar-refractivity contribution in [3.8, 4) is 0 Å². The Morgan fingerprint density at radius 1 is 0.857 bits per heavy atom. The predicted molar refractivity (Wildman–Crippen MR) is 79.3 cm³/mol. The van der Waals surface area contributed by atoms with Gasteiger partial charge >= 0.3 is 6.03 Å². The van der Waals surface area contributed by atoms with Crippen LogP contribution in [0.15, 0.2) is 60.3 Å². The second-order valence-electron chi connectivity index (χ2n) is 5.07. The Hall–Kier alpha value is -2.88. The van der Waals surface area contributed by atoms with Gasteiger partial charge in [0.05, 0.1) is 12.2 Å². The van der Waals surface area contributed by atoms with E-state index >= 15 is 0 Å². The number of nitrogens with zero attached hydrogens (tertiary/aromatic N) is 2. The molecule has 2 aliphatic heterocycles. The van der Waals surface area contributed by atoms with Crippen LogP contribution in [0.1, 0.15) is 11.1 Å². The Balaban J connectivity index is 1.80. The lowest BCUT2D eigenvalue weighted by Gasteiger charge is -2.22. The summed E-state index contributed by atoms with van der Waals surface area (Å²) in [5.74, 6) is -0.263. The maximum Gasteiger partial charge on any atom is 0.336 e. The minimum atomic E-state index is -0.285. The minimum absolute atomic E-state index is 0.263. The van der Waals surface area contributed by atoms with Crippen LogP contribution in [0.25, 0.3) is 6.08 Å². The summed E-state index contributed by atoms with van der Waals surface area (Å²) in [6.07, 6.45) is 1.79. The summed E-state index contributed by atoms with van der Waals surface area (Å²) >= 11 is 0. The number of anilines is 1. The zero-order valence-electron chi connectivity index (χ0n) is 11.2. The van der Waals surface area contributed by atoms with Crippen LogP contribution < -0.4 is 4.90 Å². The molecule has 4 nitrogen and oxygen atoms in total. The number of carbonyl (C=O) groups is 2. The van der Waals surface area contributed by atoms with Crippen molar-refractivity contribution in [1.29, 1.82) is 0 Å². The number of rotatable bonds is 1. The van der Waals surface area contributed by atoms with Crippen LogP contribution >= 0.6 is 0 Å². The van der Waals surface area contributed by atoms with Gasteiger partial charge in [-0.2, -0.15) is 0 Å². The highest BCUT2D eigenvalue weighted by Gasteiger charge is 2.43. The molecule has 102 valence electrons. The molecule has 2 aromatic carbocycles. The first kappa shape index (κ1) is 11.9. The molecule has 0 atom stereocenters. The standard InChI is InChI=1S/C17H12N2O2/c20-16-15-10-12-6-4-5-7-13(12)11-18(15)17(21)19(16)14-8-2-1-3-9-14/h1-10H,11H2. The largest absolute Gasteiger partial charge is 0.336 e. The Labute approximate surface area is 121 Å². The normalized spacial score (nSPS) is 16.7. The van der Waals surface area contributed by atoms with Crippen molar-refractivity contribution >= 4 is 23.7 Å². The quantitative estimate of drug-likeness (QED) is 0.751. The van der Waals surface area contributed by atoms with Gasteiger partial charge in [0.1, 0.15) is 5.70 Å². The third kappa shape index (κ3) is 1.69. The van der Waals surface area contributed by atoms with Gasteiger partial charge in [0.15, 0.2) is 0 Å². The molecule has 1 fully saturated rings. The van der Waals surface area contributed by atoms with Gasteiger partial charge in [-0.25, -0.2) is 9.69 Å². The Morgan fingerprint density at radius 2 is 1.57 bits per heavy atom. The number of para-hydroxylation sites is 1. The van der Waals surface area contributed by atoms with Gasteiger partial charge < -0.3 is 0 Å². The van der Waals surface area contributed by atoms with Crippen LogP contribution in [0, 0.1) is 0 Å². The lowest BCUT2D eigenvalue weighted by molar-refractivity contribution is -0.114. The van der Waals surface area contributed by atoms with Crippen LogP contribution in [-0.4, -0.2) is 16.8 Å². The number of hydrogen-bond acceptors (Lipinski definition) is 2. The summed E-state index contributed by atoms with van der Waals surface area (Å²) in [5, 5.41) is 0. The van der Waals surface area contributed by atoms with E-state index in [9.17, 15) is 9.59 Å². The topological polar surface area (TPSA) is 40.6 Å². The molecule has 4 heteroatoms. The average Bonchev–Trinajstić information content (AvgIpc) is 2.77. The molecule has 2 heterocycles. The molecule has 2 aromatic rings. The number of amides is 3. The van der Waals surface area contributed by atoms with Crippen molar-refractivity contribution in [2.75, 3.05) is 4.90 Å². The summed E-state index contributed by atoms with van der Waals surface area (Å²) in [5.41, 5.74) is 3.10. The van der Waals surface area contributed by atoms with E-state index in [4.69, 9.17) is 0 Å². The lowest BCUT2D eigenvalue weighted by Crippen LogP contribution is -2.33. The molecule has 21 heavy (non-hydrogen) atoms. The second kappa shape index (κ2) is 4.31. The van der Waals surface area contributed by atoms with Crippen molar-refractivity contribution in [2.24, 2.45) is 0 Å². The van der Waals surface area contributed by atoms with Gasteiger partial charge in [0.25, 0.3) is 5.91 Å². The van der Waals surface area contributed by atoms with E-state index in [0.29, 0.717) is 17.9 Å². The Morgan fingerprint density at radius 3 is 2.38 bits per heavy atom. The van der Waals surface area contributed by atoms with Crippen LogP contribution in [0.4, 0.5) is 10.5 Å². The fraction of sp³-hybridized carbons (Fsp3) is 0.0588. The van der Waals surface area contributed by atoms with Crippen molar-refractivity contribution in [2.45, 2.75) is 6.54 Å². The van der Waals surface area contributed by atoms with E-state index in [1.54, 1.807) is 18.2 Å². The van der Waals surface area contributed by atoms with Gasteiger partial charge in [0.2, 0.25) is 0 Å². The molecule has 2 aliphatic rings. The minimum Gasteiger partial charge on any atom is -0.284 e. The van der Waals surface area contributed by atoms with Crippen molar-refractivity contribution in [1.82, 2.24) is 4.90 Å². The zero-order chi connectivity index (χ0) is 14.4. The fourth-order valence-electron chi connectivity index (χ4n) is 2.77. The van der Waals surface area contributed by atoms with Crippen LogP contribution in [0.2, 0.25) is 0 Å². The summed E-state index contributed by atoms with van der Waals surface area (Å²) in [4.78, 5) is 27.9. The van der Waals surface area contributed by atoms with Crippen molar-refractivity contribution in [3.05, 3.63) is 71.4 Å². The number of benzene rings is 2. The average molecular weight is 276 g/mol. The lowest BCUT2D eigenvalue weighted by atomic mass is 10.0. The van der Waals surface area contributed by atoms with E-state index < -0.39 is 0 Å². The van der Waals surface area contributed by atoms with E-state index in [1.165, 1.54) is 9.80 Å². The molecular formula is C17H12N2O2. The number of carbonyl (C=O) groups excluding carboxylic acids is 2. The summed E-state index contributed by atoms with van der Waals surface area (Å²) < 4.78 is 0. The number of urea groups is 1. The van der Waals surface area contributed by atoms with Crippen molar-refractivity contribution < 1.29 is 9.59 Å². The molecular weight excluding hydrogens is 264 g/mol.